The Balaban J connectivity index is 2.35. The first kappa shape index (κ1) is 11.5. The van der Waals surface area contributed by atoms with Crippen LogP contribution in [0.3, 0.4) is 0 Å². The van der Waals surface area contributed by atoms with Gasteiger partial charge in [0.2, 0.25) is 0 Å². The fourth-order valence-corrected chi connectivity index (χ4v) is 1.43. The van der Waals surface area contributed by atoms with E-state index in [0.29, 0.717) is 30.5 Å². The molecule has 0 aliphatic rings. The summed E-state index contributed by atoms with van der Waals surface area (Å²) in [5.41, 5.74) is 7.21. The van der Waals surface area contributed by atoms with E-state index in [1.54, 1.807) is 24.0 Å². The Labute approximate surface area is 98.6 Å². The maximum Gasteiger partial charge on any atom is 0.157 e. The molecule has 7 nitrogen and oxygen atoms in total. The van der Waals surface area contributed by atoms with Crippen LogP contribution in [0.25, 0.3) is 11.4 Å². The van der Waals surface area contributed by atoms with Gasteiger partial charge in [-0.05, 0) is 6.92 Å². The van der Waals surface area contributed by atoms with Gasteiger partial charge in [0.1, 0.15) is 18.1 Å². The topological polar surface area (TPSA) is 91.7 Å². The number of rotatable bonds is 4. The number of aromatic nitrogens is 5. The van der Waals surface area contributed by atoms with E-state index in [-0.39, 0.29) is 0 Å². The first-order valence-electron chi connectivity index (χ1n) is 5.27. The van der Waals surface area contributed by atoms with E-state index in [0.717, 1.165) is 5.69 Å². The van der Waals surface area contributed by atoms with Crippen LogP contribution in [-0.4, -0.2) is 31.6 Å². The van der Waals surface area contributed by atoms with E-state index in [2.05, 4.69) is 20.3 Å². The summed E-state index contributed by atoms with van der Waals surface area (Å²) in [7, 11) is 1.79. The minimum absolute atomic E-state index is 0.347. The number of hydrogen-bond donors (Lipinski definition) is 1. The predicted molar refractivity (Wildman–Crippen MR) is 61.8 cm³/mol. The molecular weight excluding hydrogens is 220 g/mol. The zero-order valence-electron chi connectivity index (χ0n) is 9.79. The largest absolute Gasteiger partial charge is 0.384 e. The molecule has 0 radical (unpaired) electrons. The highest BCUT2D eigenvalue weighted by atomic mass is 16.5. The molecule has 0 atom stereocenters. The van der Waals surface area contributed by atoms with E-state index in [9.17, 15) is 0 Å². The van der Waals surface area contributed by atoms with Crippen molar-refractivity contribution in [1.82, 2.24) is 25.0 Å². The minimum atomic E-state index is 0.347. The van der Waals surface area contributed by atoms with Gasteiger partial charge in [0.05, 0.1) is 11.9 Å². The fourth-order valence-electron chi connectivity index (χ4n) is 1.43. The SMILES string of the molecule is CCOCc1nc(N)cc(-c2cnnn2C)n1. The van der Waals surface area contributed by atoms with Gasteiger partial charge >= 0.3 is 0 Å². The summed E-state index contributed by atoms with van der Waals surface area (Å²) in [6.07, 6.45) is 1.63. The van der Waals surface area contributed by atoms with Gasteiger partial charge in [-0.15, -0.1) is 5.10 Å². The van der Waals surface area contributed by atoms with Gasteiger partial charge in [0.15, 0.2) is 5.82 Å². The van der Waals surface area contributed by atoms with Crippen molar-refractivity contribution >= 4 is 5.82 Å². The fraction of sp³-hybridized carbons (Fsp3) is 0.400. The number of nitrogens with zero attached hydrogens (tertiary/aromatic N) is 5. The predicted octanol–water partition coefficient (Wildman–Crippen LogP) is 0.391. The molecular formula is C10H14N6O. The third kappa shape index (κ3) is 2.56. The van der Waals surface area contributed by atoms with E-state index in [1.807, 2.05) is 6.92 Å². The molecule has 2 aromatic rings. The molecule has 0 spiro atoms. The van der Waals surface area contributed by atoms with Crippen molar-refractivity contribution < 1.29 is 4.74 Å². The summed E-state index contributed by atoms with van der Waals surface area (Å²) in [5.74, 6) is 0.967. The highest BCUT2D eigenvalue weighted by Gasteiger charge is 2.09. The third-order valence-corrected chi connectivity index (χ3v) is 2.20. The van der Waals surface area contributed by atoms with Gasteiger partial charge in [0, 0.05) is 19.7 Å². The Hall–Kier alpha value is -2.02. The molecule has 17 heavy (non-hydrogen) atoms. The van der Waals surface area contributed by atoms with E-state index in [1.165, 1.54) is 0 Å². The quantitative estimate of drug-likeness (QED) is 0.822. The Bertz CT molecular complexity index is 509. The van der Waals surface area contributed by atoms with Crippen LogP contribution < -0.4 is 5.73 Å². The Kier molecular flexibility index (Phi) is 3.29. The van der Waals surface area contributed by atoms with Gasteiger partial charge < -0.3 is 10.5 Å². The van der Waals surface area contributed by atoms with Crippen LogP contribution in [0.15, 0.2) is 12.3 Å². The molecule has 0 unspecified atom stereocenters. The van der Waals surface area contributed by atoms with Crippen molar-refractivity contribution in [1.29, 1.82) is 0 Å². The van der Waals surface area contributed by atoms with E-state index in [4.69, 9.17) is 10.5 Å². The molecule has 0 aromatic carbocycles. The zero-order chi connectivity index (χ0) is 12.3. The van der Waals surface area contributed by atoms with Gasteiger partial charge in [0.25, 0.3) is 0 Å². The van der Waals surface area contributed by atoms with Crippen molar-refractivity contribution in [2.75, 3.05) is 12.3 Å². The number of anilines is 1. The molecule has 0 saturated heterocycles. The molecule has 7 heteroatoms. The standard InChI is InChI=1S/C10H14N6O/c1-3-17-6-10-13-7(4-9(11)14-10)8-5-12-15-16(8)2/h4-5H,3,6H2,1-2H3,(H2,11,13,14). The van der Waals surface area contributed by atoms with Crippen LogP contribution in [0.2, 0.25) is 0 Å². The number of nitrogen functional groups attached to an aromatic ring is 1. The Morgan fingerprint density at radius 2 is 2.24 bits per heavy atom. The van der Waals surface area contributed by atoms with Gasteiger partial charge in [-0.25, -0.2) is 14.6 Å². The summed E-state index contributed by atoms with van der Waals surface area (Å²) < 4.78 is 6.89. The Morgan fingerprint density at radius 1 is 1.41 bits per heavy atom. The van der Waals surface area contributed by atoms with Crippen LogP contribution in [0.5, 0.6) is 0 Å². The molecule has 2 aromatic heterocycles. The van der Waals surface area contributed by atoms with Crippen molar-refractivity contribution in [3.8, 4) is 11.4 Å². The number of aryl methyl sites for hydroxylation is 1. The lowest BCUT2D eigenvalue weighted by Crippen LogP contribution is -2.05. The molecule has 2 heterocycles. The molecule has 2 N–H and O–H groups in total. The molecule has 0 amide bonds. The average Bonchev–Trinajstić information content (AvgIpc) is 2.72. The molecule has 2 rings (SSSR count). The smallest absolute Gasteiger partial charge is 0.157 e. The lowest BCUT2D eigenvalue weighted by atomic mass is 10.3. The van der Waals surface area contributed by atoms with Gasteiger partial charge in [-0.1, -0.05) is 5.21 Å². The summed E-state index contributed by atoms with van der Waals surface area (Å²) in [5, 5.41) is 7.65. The lowest BCUT2D eigenvalue weighted by Gasteiger charge is -2.05. The first-order chi connectivity index (χ1) is 8.20. The summed E-state index contributed by atoms with van der Waals surface area (Å²) in [6, 6.07) is 1.69. The maximum atomic E-state index is 5.73. The van der Waals surface area contributed by atoms with Gasteiger partial charge in [-0.3, -0.25) is 0 Å². The van der Waals surface area contributed by atoms with Crippen molar-refractivity contribution in [3.05, 3.63) is 18.1 Å². The maximum absolute atomic E-state index is 5.73. The van der Waals surface area contributed by atoms with Crippen LogP contribution >= 0.6 is 0 Å². The highest BCUT2D eigenvalue weighted by molar-refractivity contribution is 5.56. The molecule has 0 bridgehead atoms. The third-order valence-electron chi connectivity index (χ3n) is 2.20. The monoisotopic (exact) mass is 234 g/mol. The van der Waals surface area contributed by atoms with Crippen molar-refractivity contribution in [2.24, 2.45) is 7.05 Å². The molecule has 0 aliphatic heterocycles. The number of nitrogens with two attached hydrogens (primary N) is 1. The molecule has 0 saturated carbocycles. The highest BCUT2D eigenvalue weighted by Crippen LogP contribution is 2.16. The average molecular weight is 234 g/mol. The minimum Gasteiger partial charge on any atom is -0.384 e. The lowest BCUT2D eigenvalue weighted by molar-refractivity contribution is 0.128. The number of ether oxygens (including phenoxy) is 1. The summed E-state index contributed by atoms with van der Waals surface area (Å²) >= 11 is 0. The van der Waals surface area contributed by atoms with Crippen LogP contribution in [0.4, 0.5) is 5.82 Å². The first-order valence-corrected chi connectivity index (χ1v) is 5.27. The summed E-state index contributed by atoms with van der Waals surface area (Å²) in [4.78, 5) is 8.46. The van der Waals surface area contributed by atoms with Crippen LogP contribution in [0.1, 0.15) is 12.7 Å². The summed E-state index contributed by atoms with van der Waals surface area (Å²) in [6.45, 7) is 2.87. The molecule has 0 fully saturated rings. The molecule has 0 aliphatic carbocycles. The van der Waals surface area contributed by atoms with Crippen LogP contribution in [0, 0.1) is 0 Å². The second kappa shape index (κ2) is 4.88. The second-order valence-corrected chi connectivity index (χ2v) is 3.47. The van der Waals surface area contributed by atoms with E-state index >= 15 is 0 Å². The zero-order valence-corrected chi connectivity index (χ0v) is 9.79. The number of hydrogen-bond acceptors (Lipinski definition) is 6. The van der Waals surface area contributed by atoms with Gasteiger partial charge in [-0.2, -0.15) is 0 Å². The molecule has 90 valence electrons. The second-order valence-electron chi connectivity index (χ2n) is 3.47. The van der Waals surface area contributed by atoms with Crippen molar-refractivity contribution in [3.63, 3.8) is 0 Å². The van der Waals surface area contributed by atoms with E-state index < -0.39 is 0 Å². The Morgan fingerprint density at radius 3 is 2.88 bits per heavy atom. The van der Waals surface area contributed by atoms with Crippen LogP contribution in [-0.2, 0) is 18.4 Å². The van der Waals surface area contributed by atoms with Crippen molar-refractivity contribution in [2.45, 2.75) is 13.5 Å². The normalized spacial score (nSPS) is 10.7.